The first kappa shape index (κ1) is 24.7. The molecule has 0 aromatic heterocycles. The zero-order valence-electron chi connectivity index (χ0n) is 17.1. The predicted molar refractivity (Wildman–Crippen MR) is 116 cm³/mol. The first-order valence-electron chi connectivity index (χ1n) is 9.50. The number of alkyl halides is 4. The van der Waals surface area contributed by atoms with Crippen LogP contribution in [0.4, 0.5) is 17.6 Å². The zero-order chi connectivity index (χ0) is 24.5. The Bertz CT molecular complexity index is 1310. The highest BCUT2D eigenvalue weighted by Crippen LogP contribution is 2.49. The number of hydrogen-bond donors (Lipinski definition) is 0. The number of sulfone groups is 2. The number of benzene rings is 3. The maximum atomic E-state index is 17.0. The fourth-order valence-corrected chi connectivity index (χ4v) is 7.58. The van der Waals surface area contributed by atoms with Crippen molar-refractivity contribution in [2.75, 3.05) is 0 Å². The molecule has 0 fully saturated rings. The second kappa shape index (κ2) is 8.75. The summed E-state index contributed by atoms with van der Waals surface area (Å²) >= 11 is 0. The Morgan fingerprint density at radius 3 is 1.52 bits per heavy atom. The highest BCUT2D eigenvalue weighted by molar-refractivity contribution is 8.09. The van der Waals surface area contributed by atoms with Crippen LogP contribution in [0.25, 0.3) is 6.08 Å². The Morgan fingerprint density at radius 2 is 1.12 bits per heavy atom. The van der Waals surface area contributed by atoms with Crippen LogP contribution in [0.5, 0.6) is 0 Å². The molecule has 10 heteroatoms. The maximum absolute atomic E-state index is 17.0. The van der Waals surface area contributed by atoms with E-state index in [1.807, 2.05) is 0 Å². The van der Waals surface area contributed by atoms with Crippen molar-refractivity contribution in [2.45, 2.75) is 27.2 Å². The summed E-state index contributed by atoms with van der Waals surface area (Å²) in [6.07, 6.45) is -2.50. The molecule has 3 aromatic rings. The largest absolute Gasteiger partial charge is 0.416 e. The van der Waals surface area contributed by atoms with Gasteiger partial charge in [-0.15, -0.1) is 0 Å². The van der Waals surface area contributed by atoms with Gasteiger partial charge in [0.25, 0.3) is 0 Å². The van der Waals surface area contributed by atoms with Crippen LogP contribution in [0.3, 0.4) is 0 Å². The minimum atomic E-state index is -5.55. The van der Waals surface area contributed by atoms with Gasteiger partial charge in [-0.05, 0) is 48.9 Å². The lowest BCUT2D eigenvalue weighted by Crippen LogP contribution is -2.41. The second-order valence-electron chi connectivity index (χ2n) is 6.97. The second-order valence-corrected chi connectivity index (χ2v) is 11.3. The van der Waals surface area contributed by atoms with Crippen LogP contribution in [-0.4, -0.2) is 16.8 Å². The van der Waals surface area contributed by atoms with Crippen LogP contribution in [0.15, 0.2) is 94.7 Å². The third-order valence-electron chi connectivity index (χ3n) is 4.83. The SMILES string of the molecule is CC=Cc1ccc(C(F)(F)F)c(C(F)(S(=O)(=O)c2ccccc2)S(=O)(=O)c2ccccc2)c1. The standard InChI is InChI=1S/C23H18F4O4S2/c1-2-9-17-14-15-20(22(24,25)26)21(16-17)23(27,32(28,29)18-10-5-3-6-11-18)33(30,31)19-12-7-4-8-13-19/h2-16H,1H3. The molecule has 3 aromatic carbocycles. The minimum Gasteiger partial charge on any atom is -0.219 e. The Labute approximate surface area is 189 Å². The summed E-state index contributed by atoms with van der Waals surface area (Å²) in [5.41, 5.74) is -3.25. The van der Waals surface area contributed by atoms with Crippen molar-refractivity contribution in [3.63, 3.8) is 0 Å². The van der Waals surface area contributed by atoms with Crippen molar-refractivity contribution in [3.8, 4) is 0 Å². The fraction of sp³-hybridized carbons (Fsp3) is 0.130. The van der Waals surface area contributed by atoms with Crippen LogP contribution >= 0.6 is 0 Å². The summed E-state index contributed by atoms with van der Waals surface area (Å²) in [7, 11) is -11.1. The third-order valence-corrected chi connectivity index (χ3v) is 9.75. The van der Waals surface area contributed by atoms with Gasteiger partial charge in [0.2, 0.25) is 19.7 Å². The van der Waals surface area contributed by atoms with Crippen molar-refractivity contribution in [1.82, 2.24) is 0 Å². The molecule has 0 radical (unpaired) electrons. The molecular formula is C23H18F4O4S2. The molecule has 0 bridgehead atoms. The van der Waals surface area contributed by atoms with E-state index in [0.717, 1.165) is 30.3 Å². The van der Waals surface area contributed by atoms with E-state index in [9.17, 15) is 30.0 Å². The average Bonchev–Trinajstić information content (AvgIpc) is 2.79. The van der Waals surface area contributed by atoms with Crippen LogP contribution in [-0.2, 0) is 30.2 Å². The lowest BCUT2D eigenvalue weighted by molar-refractivity contribution is -0.138. The highest BCUT2D eigenvalue weighted by Gasteiger charge is 2.61. The van der Waals surface area contributed by atoms with Gasteiger partial charge in [-0.3, -0.25) is 0 Å². The van der Waals surface area contributed by atoms with Gasteiger partial charge in [0, 0.05) is 5.56 Å². The molecule has 3 rings (SSSR count). The molecular weight excluding hydrogens is 480 g/mol. The molecule has 4 nitrogen and oxygen atoms in total. The third kappa shape index (κ3) is 4.20. The molecule has 0 atom stereocenters. The van der Waals surface area contributed by atoms with E-state index < -0.39 is 51.1 Å². The van der Waals surface area contributed by atoms with Gasteiger partial charge in [0.05, 0.1) is 15.4 Å². The molecule has 0 unspecified atom stereocenters. The molecule has 0 heterocycles. The Balaban J connectivity index is 2.53. The van der Waals surface area contributed by atoms with Crippen LogP contribution < -0.4 is 0 Å². The van der Waals surface area contributed by atoms with Crippen molar-refractivity contribution in [1.29, 1.82) is 0 Å². The van der Waals surface area contributed by atoms with Gasteiger partial charge < -0.3 is 0 Å². The lowest BCUT2D eigenvalue weighted by Gasteiger charge is -2.28. The van der Waals surface area contributed by atoms with Gasteiger partial charge in [0.1, 0.15) is 0 Å². The van der Waals surface area contributed by atoms with Crippen molar-refractivity contribution in [3.05, 3.63) is 102 Å². The Hall–Kier alpha value is -2.98. The summed E-state index contributed by atoms with van der Waals surface area (Å²) < 4.78 is 108. The molecule has 33 heavy (non-hydrogen) atoms. The van der Waals surface area contributed by atoms with E-state index >= 15 is 4.39 Å². The quantitative estimate of drug-likeness (QED) is 0.405. The fourth-order valence-electron chi connectivity index (χ4n) is 3.29. The number of halogens is 4. The summed E-state index contributed by atoms with van der Waals surface area (Å²) in [6, 6.07) is 13.4. The summed E-state index contributed by atoms with van der Waals surface area (Å²) in [6.45, 7) is 1.54. The lowest BCUT2D eigenvalue weighted by atomic mass is 10.0. The number of allylic oxidation sites excluding steroid dienone is 1. The van der Waals surface area contributed by atoms with E-state index in [0.29, 0.717) is 12.1 Å². The summed E-state index contributed by atoms with van der Waals surface area (Å²) in [5.74, 6) is 0. The summed E-state index contributed by atoms with van der Waals surface area (Å²) in [5, 5.41) is 0. The minimum absolute atomic E-state index is 0.00551. The smallest absolute Gasteiger partial charge is 0.219 e. The zero-order valence-corrected chi connectivity index (χ0v) is 18.8. The van der Waals surface area contributed by atoms with Gasteiger partial charge in [0.15, 0.2) is 0 Å². The van der Waals surface area contributed by atoms with E-state index in [1.165, 1.54) is 48.6 Å². The van der Waals surface area contributed by atoms with Gasteiger partial charge in [-0.2, -0.15) is 13.2 Å². The Morgan fingerprint density at radius 1 is 0.667 bits per heavy atom. The maximum Gasteiger partial charge on any atom is 0.416 e. The van der Waals surface area contributed by atoms with Crippen molar-refractivity contribution in [2.24, 2.45) is 0 Å². The molecule has 0 saturated carbocycles. The van der Waals surface area contributed by atoms with E-state index in [2.05, 4.69) is 0 Å². The Kier molecular flexibility index (Phi) is 6.54. The van der Waals surface area contributed by atoms with Gasteiger partial charge >= 0.3 is 10.5 Å². The molecule has 0 aliphatic heterocycles. The molecule has 0 aliphatic rings. The average molecular weight is 499 g/mol. The molecule has 0 amide bonds. The van der Waals surface area contributed by atoms with Crippen molar-refractivity contribution >= 4 is 25.8 Å². The van der Waals surface area contributed by atoms with E-state index in [-0.39, 0.29) is 5.56 Å². The van der Waals surface area contributed by atoms with E-state index in [4.69, 9.17) is 0 Å². The molecule has 0 aliphatic carbocycles. The molecule has 0 saturated heterocycles. The number of hydrogen-bond acceptors (Lipinski definition) is 4. The first-order valence-corrected chi connectivity index (χ1v) is 12.5. The highest BCUT2D eigenvalue weighted by atomic mass is 32.3. The molecule has 174 valence electrons. The van der Waals surface area contributed by atoms with Gasteiger partial charge in [-0.1, -0.05) is 54.6 Å². The molecule has 0 N–H and O–H groups in total. The van der Waals surface area contributed by atoms with E-state index in [1.54, 1.807) is 6.92 Å². The molecule has 0 spiro atoms. The summed E-state index contributed by atoms with van der Waals surface area (Å²) in [4.78, 5) is -1.56. The predicted octanol–water partition coefficient (Wildman–Crippen LogP) is 5.77. The van der Waals surface area contributed by atoms with Crippen molar-refractivity contribution < 1.29 is 34.4 Å². The van der Waals surface area contributed by atoms with Crippen LogP contribution in [0.2, 0.25) is 0 Å². The topological polar surface area (TPSA) is 68.3 Å². The van der Waals surface area contributed by atoms with Crippen LogP contribution in [0.1, 0.15) is 23.6 Å². The van der Waals surface area contributed by atoms with Gasteiger partial charge in [-0.25, -0.2) is 21.2 Å². The first-order chi connectivity index (χ1) is 15.4. The number of rotatable bonds is 6. The normalized spacial score (nSPS) is 13.4. The monoisotopic (exact) mass is 498 g/mol. The van der Waals surface area contributed by atoms with Crippen LogP contribution in [0, 0.1) is 0 Å².